The highest BCUT2D eigenvalue weighted by Gasteiger charge is 2.71. The highest BCUT2D eigenvalue weighted by Crippen LogP contribution is 2.75. The summed E-state index contributed by atoms with van der Waals surface area (Å²) >= 11 is 0. The van der Waals surface area contributed by atoms with E-state index in [9.17, 15) is 15.0 Å². The number of allylic oxidation sites excluding steroid dienone is 1. The van der Waals surface area contributed by atoms with Crippen LogP contribution in [0.5, 0.6) is 0 Å². The van der Waals surface area contributed by atoms with Crippen LogP contribution in [0.15, 0.2) is 48.7 Å². The van der Waals surface area contributed by atoms with Gasteiger partial charge in [-0.1, -0.05) is 60.1 Å². The summed E-state index contributed by atoms with van der Waals surface area (Å²) in [5.74, 6) is 0.948. The molecule has 2 N–H and O–H groups in total. The lowest BCUT2D eigenvalue weighted by atomic mass is 9.34. The van der Waals surface area contributed by atoms with Gasteiger partial charge in [-0.25, -0.2) is 14.6 Å². The summed E-state index contributed by atoms with van der Waals surface area (Å²) in [4.78, 5) is 22.6. The van der Waals surface area contributed by atoms with E-state index in [-0.39, 0.29) is 39.5 Å². The maximum atomic E-state index is 13.4. The highest BCUT2D eigenvalue weighted by molar-refractivity contribution is 5.73. The molecule has 5 aliphatic rings. The summed E-state index contributed by atoms with van der Waals surface area (Å²) < 4.78 is 10.5. The minimum Gasteiger partial charge on any atom is -0.481 e. The van der Waals surface area contributed by atoms with Crippen LogP contribution < -0.4 is 0 Å². The number of pyridine rings is 1. The molecule has 2 bridgehead atoms. The lowest BCUT2D eigenvalue weighted by Crippen LogP contribution is -2.68. The standard InChI is InChI=1S/C39H53N5O4/c1-23(2)24(3)35(4)13-14-37(6)26-8-9-29-36(5)20-48-21-39(29,27(26)10-12-38(37,7)31(35)34(46)47)19-28(32(36)45)44-33(41-22-42-44)25-11-16-43-17-15-40-30(43)18-25/h10-11,15-18,22-24,26,28-29,31-32,45H,8-9,12-14,19-21H2,1-7H3,(H,46,47)/t24-,26+,28-,29+,31-,32+,35-,36?,37-,38+,39+/m1/s1. The van der Waals surface area contributed by atoms with Crippen molar-refractivity contribution in [3.05, 3.63) is 48.7 Å². The minimum atomic E-state index is -0.655. The van der Waals surface area contributed by atoms with Gasteiger partial charge in [-0.05, 0) is 90.6 Å². The Morgan fingerprint density at radius 3 is 2.58 bits per heavy atom. The molecule has 4 aliphatic carbocycles. The molecule has 4 heterocycles. The summed E-state index contributed by atoms with van der Waals surface area (Å²) in [7, 11) is 0. The average molecular weight is 656 g/mol. The van der Waals surface area contributed by atoms with Crippen LogP contribution in [0.1, 0.15) is 93.0 Å². The molecule has 258 valence electrons. The minimum absolute atomic E-state index is 0.159. The number of aliphatic carboxylic acids is 1. The molecule has 3 aromatic heterocycles. The monoisotopic (exact) mass is 655 g/mol. The Morgan fingerprint density at radius 2 is 1.83 bits per heavy atom. The molecule has 48 heavy (non-hydrogen) atoms. The summed E-state index contributed by atoms with van der Waals surface area (Å²) in [6.45, 7) is 17.1. The number of carbonyl (C=O) groups is 1. The number of aliphatic hydroxyl groups is 1. The van der Waals surface area contributed by atoms with Gasteiger partial charge in [-0.3, -0.25) is 4.79 Å². The molecule has 9 nitrogen and oxygen atoms in total. The van der Waals surface area contributed by atoms with E-state index in [0.717, 1.165) is 55.6 Å². The Balaban J connectivity index is 1.23. The number of hydrogen-bond donors (Lipinski definition) is 2. The summed E-state index contributed by atoms with van der Waals surface area (Å²) in [6.07, 6.45) is 14.6. The molecule has 1 saturated heterocycles. The first-order chi connectivity index (χ1) is 22.7. The molecular formula is C39H53N5O4. The van der Waals surface area contributed by atoms with E-state index in [1.165, 1.54) is 5.57 Å². The third-order valence-electron chi connectivity index (χ3n) is 15.7. The average Bonchev–Trinajstić information content (AvgIpc) is 3.72. The van der Waals surface area contributed by atoms with Gasteiger partial charge in [0.25, 0.3) is 0 Å². The van der Waals surface area contributed by atoms with Crippen molar-refractivity contribution >= 4 is 11.6 Å². The Labute approximate surface area is 284 Å². The van der Waals surface area contributed by atoms with Crippen molar-refractivity contribution < 1.29 is 19.7 Å². The van der Waals surface area contributed by atoms with E-state index in [2.05, 4.69) is 59.5 Å². The van der Waals surface area contributed by atoms with E-state index < -0.39 is 23.4 Å². The smallest absolute Gasteiger partial charge is 0.307 e. The number of fused-ring (bicyclic) bond motifs is 4. The van der Waals surface area contributed by atoms with Gasteiger partial charge >= 0.3 is 5.97 Å². The van der Waals surface area contributed by atoms with Gasteiger partial charge in [0.05, 0.1) is 31.3 Å². The molecule has 1 aliphatic heterocycles. The van der Waals surface area contributed by atoms with Crippen molar-refractivity contribution in [2.75, 3.05) is 13.2 Å². The molecule has 8 rings (SSSR count). The van der Waals surface area contributed by atoms with Crippen molar-refractivity contribution in [2.24, 2.45) is 56.7 Å². The Morgan fingerprint density at radius 1 is 1.04 bits per heavy atom. The first-order valence-corrected chi connectivity index (χ1v) is 18.2. The highest BCUT2D eigenvalue weighted by atomic mass is 16.5. The van der Waals surface area contributed by atoms with Crippen LogP contribution in [0.3, 0.4) is 0 Å². The fourth-order valence-electron chi connectivity index (χ4n) is 12.6. The number of imidazole rings is 1. The zero-order chi connectivity index (χ0) is 34.0. The number of carboxylic acid groups (broad SMARTS) is 1. The lowest BCUT2D eigenvalue weighted by molar-refractivity contribution is -0.240. The van der Waals surface area contributed by atoms with E-state index in [0.29, 0.717) is 25.0 Å². The molecule has 0 radical (unpaired) electrons. The largest absolute Gasteiger partial charge is 0.481 e. The molecule has 11 atom stereocenters. The summed E-state index contributed by atoms with van der Waals surface area (Å²) in [5, 5.41) is 28.1. The van der Waals surface area contributed by atoms with Gasteiger partial charge < -0.3 is 19.4 Å². The Kier molecular flexibility index (Phi) is 7.03. The van der Waals surface area contributed by atoms with Crippen molar-refractivity contribution in [3.8, 4) is 11.4 Å². The number of carboxylic acids is 1. The predicted molar refractivity (Wildman–Crippen MR) is 183 cm³/mol. The van der Waals surface area contributed by atoms with Gasteiger partial charge in [0.2, 0.25) is 0 Å². The number of rotatable bonds is 5. The van der Waals surface area contributed by atoms with Gasteiger partial charge in [0, 0.05) is 35.0 Å². The fourth-order valence-corrected chi connectivity index (χ4v) is 12.6. The topological polar surface area (TPSA) is 115 Å². The maximum absolute atomic E-state index is 13.4. The quantitative estimate of drug-likeness (QED) is 0.282. The van der Waals surface area contributed by atoms with Gasteiger partial charge in [0.15, 0.2) is 5.82 Å². The van der Waals surface area contributed by atoms with Crippen molar-refractivity contribution in [1.82, 2.24) is 24.1 Å². The second kappa shape index (κ2) is 10.5. The second-order valence-corrected chi connectivity index (χ2v) is 17.7. The Hall–Kier alpha value is -3.04. The van der Waals surface area contributed by atoms with Gasteiger partial charge in [0.1, 0.15) is 12.0 Å². The lowest BCUT2D eigenvalue weighted by Gasteiger charge is -2.71. The van der Waals surface area contributed by atoms with E-state index >= 15 is 0 Å². The van der Waals surface area contributed by atoms with Crippen LogP contribution in [-0.4, -0.2) is 59.6 Å². The summed E-state index contributed by atoms with van der Waals surface area (Å²) in [6, 6.07) is 3.78. The number of ether oxygens (including phenoxy) is 1. The fraction of sp³-hybridized carbons (Fsp3) is 0.692. The van der Waals surface area contributed by atoms with Crippen LogP contribution in [-0.2, 0) is 9.53 Å². The number of nitrogens with zero attached hydrogens (tertiary/aromatic N) is 5. The van der Waals surface area contributed by atoms with E-state index in [4.69, 9.17) is 14.8 Å². The molecule has 0 aromatic carbocycles. The molecule has 0 spiro atoms. The van der Waals surface area contributed by atoms with Crippen LogP contribution in [0, 0.1) is 56.7 Å². The number of hydrogen-bond acceptors (Lipinski definition) is 6. The summed E-state index contributed by atoms with van der Waals surface area (Å²) in [5.41, 5.74) is 1.71. The molecule has 4 fully saturated rings. The molecular weight excluding hydrogens is 602 g/mol. The first-order valence-electron chi connectivity index (χ1n) is 18.2. The number of aliphatic hydroxyl groups excluding tert-OH is 1. The second-order valence-electron chi connectivity index (χ2n) is 17.7. The van der Waals surface area contributed by atoms with Crippen molar-refractivity contribution in [2.45, 2.75) is 99.1 Å². The Bertz CT molecular complexity index is 1800. The van der Waals surface area contributed by atoms with Gasteiger partial charge in [-0.15, -0.1) is 0 Å². The molecule has 0 amide bonds. The maximum Gasteiger partial charge on any atom is 0.307 e. The zero-order valence-electron chi connectivity index (χ0n) is 29.7. The first kappa shape index (κ1) is 32.2. The third-order valence-corrected chi connectivity index (χ3v) is 15.7. The van der Waals surface area contributed by atoms with Crippen LogP contribution in [0.25, 0.3) is 17.0 Å². The SMILES string of the molecule is CC(C)[C@@H](C)[C@@]1(C)CC[C@]2(C)[C@H]3CC[C@H]4C5(C)COC[C@@]4(C[C@@H](n4ncnc4-c4ccn6ccnc6c4)[C@@H]5O)C3=CC[C@@]2(C)[C@@H]1C(=O)O. The zero-order valence-corrected chi connectivity index (χ0v) is 29.7. The van der Waals surface area contributed by atoms with Crippen molar-refractivity contribution in [1.29, 1.82) is 0 Å². The van der Waals surface area contributed by atoms with Crippen LogP contribution >= 0.6 is 0 Å². The number of aromatic nitrogens is 5. The van der Waals surface area contributed by atoms with Crippen molar-refractivity contribution in [3.63, 3.8) is 0 Å². The van der Waals surface area contributed by atoms with Crippen LogP contribution in [0.2, 0.25) is 0 Å². The molecule has 9 heteroatoms. The predicted octanol–water partition coefficient (Wildman–Crippen LogP) is 7.08. The van der Waals surface area contributed by atoms with Crippen LogP contribution in [0.4, 0.5) is 0 Å². The third kappa shape index (κ3) is 3.97. The van der Waals surface area contributed by atoms with E-state index in [1.807, 2.05) is 33.6 Å². The molecule has 3 saturated carbocycles. The normalized spacial score (nSPS) is 42.9. The molecule has 3 aromatic rings. The van der Waals surface area contributed by atoms with Gasteiger partial charge in [-0.2, -0.15) is 5.10 Å². The molecule has 1 unspecified atom stereocenters. The van der Waals surface area contributed by atoms with E-state index in [1.54, 1.807) is 12.5 Å².